The average molecular weight is 242 g/mol. The van der Waals surface area contributed by atoms with Gasteiger partial charge in [0.1, 0.15) is 12.4 Å². The van der Waals surface area contributed by atoms with Gasteiger partial charge in [-0.25, -0.2) is 0 Å². The first-order chi connectivity index (χ1) is 8.81. The second-order valence-corrected chi connectivity index (χ2v) is 3.80. The van der Waals surface area contributed by atoms with Crippen molar-refractivity contribution in [2.75, 3.05) is 13.2 Å². The summed E-state index contributed by atoms with van der Waals surface area (Å²) in [6.07, 6.45) is 0. The quantitative estimate of drug-likeness (QED) is 0.818. The Morgan fingerprint density at radius 3 is 2.44 bits per heavy atom. The number of rotatable bonds is 5. The summed E-state index contributed by atoms with van der Waals surface area (Å²) in [6.45, 7) is 0.180. The molecule has 1 N–H and O–H groups in total. The summed E-state index contributed by atoms with van der Waals surface area (Å²) < 4.78 is 5.28. The summed E-state index contributed by atoms with van der Waals surface area (Å²) in [5.74, 6) is 0.552. The third kappa shape index (κ3) is 2.96. The van der Waals surface area contributed by atoms with Crippen molar-refractivity contribution in [3.05, 3.63) is 65.7 Å². The van der Waals surface area contributed by atoms with E-state index in [1.807, 2.05) is 18.2 Å². The topological polar surface area (TPSA) is 46.5 Å². The molecule has 0 fully saturated rings. The van der Waals surface area contributed by atoms with E-state index < -0.39 is 0 Å². The van der Waals surface area contributed by atoms with Crippen molar-refractivity contribution >= 4 is 5.78 Å². The van der Waals surface area contributed by atoms with Gasteiger partial charge in [-0.05, 0) is 12.1 Å². The number of carbonyl (C=O) groups is 1. The van der Waals surface area contributed by atoms with Crippen molar-refractivity contribution in [2.24, 2.45) is 0 Å². The smallest absolute Gasteiger partial charge is 0.193 e. The lowest BCUT2D eigenvalue weighted by molar-refractivity contribution is 0.103. The van der Waals surface area contributed by atoms with Crippen LogP contribution in [0.25, 0.3) is 0 Å². The van der Waals surface area contributed by atoms with Crippen molar-refractivity contribution in [1.82, 2.24) is 0 Å². The first-order valence-electron chi connectivity index (χ1n) is 5.75. The van der Waals surface area contributed by atoms with E-state index in [4.69, 9.17) is 9.84 Å². The second kappa shape index (κ2) is 5.98. The molecule has 0 saturated heterocycles. The molecule has 18 heavy (non-hydrogen) atoms. The van der Waals surface area contributed by atoms with E-state index in [0.29, 0.717) is 16.9 Å². The molecule has 0 radical (unpaired) electrons. The molecular weight excluding hydrogens is 228 g/mol. The lowest BCUT2D eigenvalue weighted by atomic mass is 10.0. The van der Waals surface area contributed by atoms with Crippen LogP contribution >= 0.6 is 0 Å². The molecular formula is C15H14O3. The average Bonchev–Trinajstić information content (AvgIpc) is 2.45. The summed E-state index contributed by atoms with van der Waals surface area (Å²) in [5, 5.41) is 8.69. The Morgan fingerprint density at radius 2 is 1.72 bits per heavy atom. The summed E-state index contributed by atoms with van der Waals surface area (Å²) >= 11 is 0. The largest absolute Gasteiger partial charge is 0.491 e. The van der Waals surface area contributed by atoms with E-state index >= 15 is 0 Å². The van der Waals surface area contributed by atoms with Crippen molar-refractivity contribution in [2.45, 2.75) is 0 Å². The van der Waals surface area contributed by atoms with Crippen LogP contribution in [-0.4, -0.2) is 24.1 Å². The van der Waals surface area contributed by atoms with Crippen LogP contribution in [0.1, 0.15) is 15.9 Å². The van der Waals surface area contributed by atoms with Gasteiger partial charge < -0.3 is 9.84 Å². The van der Waals surface area contributed by atoms with Gasteiger partial charge in [-0.2, -0.15) is 0 Å². The van der Waals surface area contributed by atoms with E-state index in [1.165, 1.54) is 0 Å². The Bertz CT molecular complexity index is 520. The zero-order chi connectivity index (χ0) is 12.8. The van der Waals surface area contributed by atoms with Crippen LogP contribution in [0.5, 0.6) is 5.75 Å². The molecule has 0 aliphatic heterocycles. The summed E-state index contributed by atoms with van der Waals surface area (Å²) in [7, 11) is 0. The van der Waals surface area contributed by atoms with Crippen LogP contribution in [0, 0.1) is 0 Å². The number of hydrogen-bond acceptors (Lipinski definition) is 3. The predicted molar refractivity (Wildman–Crippen MR) is 68.9 cm³/mol. The first kappa shape index (κ1) is 12.3. The number of ether oxygens (including phenoxy) is 1. The van der Waals surface area contributed by atoms with Crippen LogP contribution in [0.4, 0.5) is 0 Å². The fraction of sp³-hybridized carbons (Fsp3) is 0.133. The molecule has 0 spiro atoms. The van der Waals surface area contributed by atoms with E-state index in [-0.39, 0.29) is 19.0 Å². The fourth-order valence-corrected chi connectivity index (χ4v) is 1.65. The molecule has 0 saturated carbocycles. The van der Waals surface area contributed by atoms with Crippen LogP contribution < -0.4 is 4.74 Å². The zero-order valence-corrected chi connectivity index (χ0v) is 9.87. The highest BCUT2D eigenvalue weighted by atomic mass is 16.5. The van der Waals surface area contributed by atoms with Crippen molar-refractivity contribution in [3.8, 4) is 5.75 Å². The van der Waals surface area contributed by atoms with Gasteiger partial charge in [-0.15, -0.1) is 0 Å². The predicted octanol–water partition coefficient (Wildman–Crippen LogP) is 2.29. The molecule has 2 rings (SSSR count). The SMILES string of the molecule is O=C(c1ccccc1)c1cccc(OCCO)c1. The second-order valence-electron chi connectivity index (χ2n) is 3.80. The molecule has 2 aromatic carbocycles. The van der Waals surface area contributed by atoms with Crippen molar-refractivity contribution < 1.29 is 14.6 Å². The van der Waals surface area contributed by atoms with Crippen LogP contribution in [-0.2, 0) is 0 Å². The van der Waals surface area contributed by atoms with Crippen LogP contribution in [0.3, 0.4) is 0 Å². The minimum absolute atomic E-state index is 0.0370. The summed E-state index contributed by atoms with van der Waals surface area (Å²) in [6, 6.07) is 16.1. The Balaban J connectivity index is 2.20. The number of benzene rings is 2. The van der Waals surface area contributed by atoms with Crippen molar-refractivity contribution in [3.63, 3.8) is 0 Å². The number of aliphatic hydroxyl groups is 1. The molecule has 0 heterocycles. The van der Waals surface area contributed by atoms with Gasteiger partial charge in [-0.1, -0.05) is 42.5 Å². The zero-order valence-electron chi connectivity index (χ0n) is 9.87. The monoisotopic (exact) mass is 242 g/mol. The summed E-state index contributed by atoms with van der Waals surface area (Å²) in [5.41, 5.74) is 1.23. The van der Waals surface area contributed by atoms with E-state index in [9.17, 15) is 4.79 Å². The van der Waals surface area contributed by atoms with E-state index in [1.54, 1.807) is 36.4 Å². The molecule has 0 unspecified atom stereocenters. The van der Waals surface area contributed by atoms with Gasteiger partial charge >= 0.3 is 0 Å². The molecule has 0 atom stereocenters. The van der Waals surface area contributed by atoms with Gasteiger partial charge in [-0.3, -0.25) is 4.79 Å². The van der Waals surface area contributed by atoms with Gasteiger partial charge in [0.05, 0.1) is 6.61 Å². The third-order valence-electron chi connectivity index (χ3n) is 2.49. The third-order valence-corrected chi connectivity index (χ3v) is 2.49. The van der Waals surface area contributed by atoms with Gasteiger partial charge in [0.2, 0.25) is 0 Å². The molecule has 92 valence electrons. The van der Waals surface area contributed by atoms with E-state index in [2.05, 4.69) is 0 Å². The van der Waals surface area contributed by atoms with Crippen LogP contribution in [0.15, 0.2) is 54.6 Å². The number of ketones is 1. The Morgan fingerprint density at radius 1 is 1.00 bits per heavy atom. The molecule has 3 nitrogen and oxygen atoms in total. The number of hydrogen-bond donors (Lipinski definition) is 1. The number of aliphatic hydroxyl groups excluding tert-OH is 1. The highest BCUT2D eigenvalue weighted by molar-refractivity contribution is 6.09. The van der Waals surface area contributed by atoms with Crippen LogP contribution in [0.2, 0.25) is 0 Å². The van der Waals surface area contributed by atoms with Gasteiger partial charge in [0, 0.05) is 11.1 Å². The Labute approximate surface area is 106 Å². The lowest BCUT2D eigenvalue weighted by Crippen LogP contribution is -2.04. The maximum atomic E-state index is 12.2. The number of carbonyl (C=O) groups excluding carboxylic acids is 1. The molecule has 0 aromatic heterocycles. The minimum atomic E-state index is -0.0448. The standard InChI is InChI=1S/C15H14O3/c16-9-10-18-14-8-4-7-13(11-14)15(17)12-5-2-1-3-6-12/h1-8,11,16H,9-10H2. The normalized spacial score (nSPS) is 10.1. The summed E-state index contributed by atoms with van der Waals surface area (Å²) in [4.78, 5) is 12.2. The highest BCUT2D eigenvalue weighted by Crippen LogP contribution is 2.16. The molecule has 0 aliphatic rings. The Hall–Kier alpha value is -2.13. The lowest BCUT2D eigenvalue weighted by Gasteiger charge is -2.06. The van der Waals surface area contributed by atoms with Crippen molar-refractivity contribution in [1.29, 1.82) is 0 Å². The Kier molecular flexibility index (Phi) is 4.10. The maximum absolute atomic E-state index is 12.2. The van der Waals surface area contributed by atoms with Gasteiger partial charge in [0.25, 0.3) is 0 Å². The first-order valence-corrected chi connectivity index (χ1v) is 5.75. The highest BCUT2D eigenvalue weighted by Gasteiger charge is 2.08. The minimum Gasteiger partial charge on any atom is -0.491 e. The van der Waals surface area contributed by atoms with E-state index in [0.717, 1.165) is 0 Å². The molecule has 3 heteroatoms. The molecule has 0 bridgehead atoms. The van der Waals surface area contributed by atoms with Gasteiger partial charge in [0.15, 0.2) is 5.78 Å². The molecule has 0 aliphatic carbocycles. The maximum Gasteiger partial charge on any atom is 0.193 e. The molecule has 0 amide bonds. The fourth-order valence-electron chi connectivity index (χ4n) is 1.65. The molecule has 2 aromatic rings.